The van der Waals surface area contributed by atoms with Gasteiger partial charge in [0.05, 0.1) is 5.69 Å². The highest BCUT2D eigenvalue weighted by Gasteiger charge is 2.26. The van der Waals surface area contributed by atoms with Crippen molar-refractivity contribution in [3.8, 4) is 0 Å². The molecule has 0 radical (unpaired) electrons. The standard InChI is InChI=1S/C24H27N3O2/c1-3-24(29)27-12-10-19(11-13-27)18-6-4-17(5-7-18)16(2)23(28)15-21-14-22(26-25-21)20-8-9-20/h3-7,10,14,16,20H,1,8-9,11-13,15H2,2H3,(H,25,26). The number of carbonyl (C=O) groups excluding carboxylic acids is 2. The Morgan fingerprint density at radius 3 is 2.69 bits per heavy atom. The number of ketones is 1. The van der Waals surface area contributed by atoms with E-state index in [2.05, 4.69) is 35.0 Å². The SMILES string of the molecule is C=CC(=O)N1CC=C(c2ccc(C(C)C(=O)Cc3cc(C4CC4)n[nH]3)cc2)CC1. The van der Waals surface area contributed by atoms with Crippen molar-refractivity contribution in [2.24, 2.45) is 0 Å². The summed E-state index contributed by atoms with van der Waals surface area (Å²) in [6.45, 7) is 6.84. The van der Waals surface area contributed by atoms with Crippen molar-refractivity contribution in [2.45, 2.75) is 44.4 Å². The minimum Gasteiger partial charge on any atom is -0.335 e. The highest BCUT2D eigenvalue weighted by molar-refractivity contribution is 5.88. The van der Waals surface area contributed by atoms with Crippen LogP contribution in [-0.4, -0.2) is 39.9 Å². The summed E-state index contributed by atoms with van der Waals surface area (Å²) in [7, 11) is 0. The van der Waals surface area contributed by atoms with Crippen molar-refractivity contribution in [3.05, 3.63) is 71.6 Å². The third kappa shape index (κ3) is 4.39. The first-order valence-electron chi connectivity index (χ1n) is 10.3. The number of hydrogen-bond donors (Lipinski definition) is 1. The summed E-state index contributed by atoms with van der Waals surface area (Å²) in [4.78, 5) is 26.2. The number of nitrogens with zero attached hydrogens (tertiary/aromatic N) is 2. The number of Topliss-reactive ketones (excluding diaryl/α,β-unsaturated/α-hetero) is 1. The van der Waals surface area contributed by atoms with Gasteiger partial charge in [0.1, 0.15) is 5.78 Å². The van der Waals surface area contributed by atoms with Crippen LogP contribution in [0, 0.1) is 0 Å². The predicted molar refractivity (Wildman–Crippen MR) is 114 cm³/mol. The maximum Gasteiger partial charge on any atom is 0.246 e. The van der Waals surface area contributed by atoms with Gasteiger partial charge in [-0.25, -0.2) is 0 Å². The maximum absolute atomic E-state index is 12.7. The molecule has 150 valence electrons. The van der Waals surface area contributed by atoms with Gasteiger partial charge in [-0.3, -0.25) is 14.7 Å². The fourth-order valence-electron chi connectivity index (χ4n) is 3.83. The molecule has 29 heavy (non-hydrogen) atoms. The summed E-state index contributed by atoms with van der Waals surface area (Å²) in [6.07, 6.45) is 7.10. The minimum absolute atomic E-state index is 0.0236. The van der Waals surface area contributed by atoms with E-state index in [-0.39, 0.29) is 17.6 Å². The van der Waals surface area contributed by atoms with Crippen molar-refractivity contribution in [1.29, 1.82) is 0 Å². The van der Waals surface area contributed by atoms with Crippen molar-refractivity contribution < 1.29 is 9.59 Å². The van der Waals surface area contributed by atoms with E-state index >= 15 is 0 Å². The van der Waals surface area contributed by atoms with Crippen LogP contribution in [0.3, 0.4) is 0 Å². The molecule has 0 bridgehead atoms. The molecule has 1 N–H and O–H groups in total. The van der Waals surface area contributed by atoms with Crippen LogP contribution in [-0.2, 0) is 16.0 Å². The van der Waals surface area contributed by atoms with Crippen molar-refractivity contribution in [2.75, 3.05) is 13.1 Å². The Kier molecular flexibility index (Phi) is 5.47. The summed E-state index contributed by atoms with van der Waals surface area (Å²) in [6, 6.07) is 10.3. The molecule has 0 spiro atoms. The van der Waals surface area contributed by atoms with Gasteiger partial charge in [0.2, 0.25) is 5.91 Å². The van der Waals surface area contributed by atoms with E-state index < -0.39 is 0 Å². The number of aromatic amines is 1. The molecule has 1 saturated carbocycles. The molecular formula is C24H27N3O2. The fourth-order valence-corrected chi connectivity index (χ4v) is 3.83. The summed E-state index contributed by atoms with van der Waals surface area (Å²) in [5, 5.41) is 7.35. The first-order chi connectivity index (χ1) is 14.0. The number of aromatic nitrogens is 2. The van der Waals surface area contributed by atoms with E-state index in [4.69, 9.17) is 0 Å². The largest absolute Gasteiger partial charge is 0.335 e. The van der Waals surface area contributed by atoms with Gasteiger partial charge < -0.3 is 4.90 Å². The van der Waals surface area contributed by atoms with Crippen LogP contribution in [0.2, 0.25) is 0 Å². The molecule has 4 rings (SSSR count). The molecule has 2 aromatic rings. The van der Waals surface area contributed by atoms with E-state index in [1.54, 1.807) is 4.90 Å². The van der Waals surface area contributed by atoms with Crippen molar-refractivity contribution in [3.63, 3.8) is 0 Å². The molecule has 0 saturated heterocycles. The van der Waals surface area contributed by atoms with Crippen LogP contribution >= 0.6 is 0 Å². The van der Waals surface area contributed by atoms with E-state index in [1.165, 1.54) is 24.5 Å². The average molecular weight is 389 g/mol. The number of rotatable bonds is 7. The van der Waals surface area contributed by atoms with Crippen LogP contribution in [0.4, 0.5) is 0 Å². The van der Waals surface area contributed by atoms with Gasteiger partial charge in [0.15, 0.2) is 0 Å². The molecule has 5 nitrogen and oxygen atoms in total. The third-order valence-corrected chi connectivity index (χ3v) is 5.97. The summed E-state index contributed by atoms with van der Waals surface area (Å²) in [5.41, 5.74) is 5.43. The zero-order valence-electron chi connectivity index (χ0n) is 16.9. The lowest BCUT2D eigenvalue weighted by Gasteiger charge is -2.25. The molecule has 2 heterocycles. The van der Waals surface area contributed by atoms with Gasteiger partial charge in [-0.05, 0) is 48.1 Å². The van der Waals surface area contributed by atoms with Crippen molar-refractivity contribution in [1.82, 2.24) is 15.1 Å². The monoisotopic (exact) mass is 389 g/mol. The topological polar surface area (TPSA) is 66.1 Å². The third-order valence-electron chi connectivity index (χ3n) is 5.97. The fraction of sp³-hybridized carbons (Fsp3) is 0.375. The molecule has 1 atom stereocenters. The Balaban J connectivity index is 1.37. The highest BCUT2D eigenvalue weighted by atomic mass is 16.2. The summed E-state index contributed by atoms with van der Waals surface area (Å²) in [5.74, 6) is 0.609. The average Bonchev–Trinajstić information content (AvgIpc) is 3.52. The first-order valence-corrected chi connectivity index (χ1v) is 10.3. The number of nitrogens with one attached hydrogen (secondary N) is 1. The Morgan fingerprint density at radius 1 is 1.31 bits per heavy atom. The smallest absolute Gasteiger partial charge is 0.246 e. The lowest BCUT2D eigenvalue weighted by atomic mass is 9.91. The van der Waals surface area contributed by atoms with Crippen LogP contribution in [0.1, 0.15) is 60.5 Å². The van der Waals surface area contributed by atoms with Crippen LogP contribution in [0.15, 0.2) is 49.1 Å². The maximum atomic E-state index is 12.7. The number of H-pyrrole nitrogens is 1. The van der Waals surface area contributed by atoms with Crippen LogP contribution in [0.5, 0.6) is 0 Å². The van der Waals surface area contributed by atoms with E-state index in [9.17, 15) is 9.59 Å². The molecule has 1 aromatic heterocycles. The van der Waals surface area contributed by atoms with Gasteiger partial charge in [-0.1, -0.05) is 43.8 Å². The molecule has 1 amide bonds. The van der Waals surface area contributed by atoms with Crippen LogP contribution < -0.4 is 0 Å². The molecule has 1 aliphatic heterocycles. The zero-order chi connectivity index (χ0) is 20.4. The molecule has 1 unspecified atom stereocenters. The number of amides is 1. The summed E-state index contributed by atoms with van der Waals surface area (Å²) >= 11 is 0. The first kappa shape index (κ1) is 19.4. The molecular weight excluding hydrogens is 362 g/mol. The Labute approximate surface area is 171 Å². The van der Waals surface area contributed by atoms with Crippen LogP contribution in [0.25, 0.3) is 5.57 Å². The Hall–Kier alpha value is -2.95. The summed E-state index contributed by atoms with van der Waals surface area (Å²) < 4.78 is 0. The number of benzene rings is 1. The minimum atomic E-state index is -0.155. The Morgan fingerprint density at radius 2 is 2.07 bits per heavy atom. The molecule has 5 heteroatoms. The second-order valence-corrected chi connectivity index (χ2v) is 8.05. The molecule has 1 aromatic carbocycles. The normalized spacial score (nSPS) is 17.6. The second-order valence-electron chi connectivity index (χ2n) is 8.05. The van der Waals surface area contributed by atoms with Gasteiger partial charge in [-0.2, -0.15) is 5.10 Å². The van der Waals surface area contributed by atoms with Gasteiger partial charge in [-0.15, -0.1) is 0 Å². The van der Waals surface area contributed by atoms with Gasteiger partial charge >= 0.3 is 0 Å². The van der Waals surface area contributed by atoms with Crippen molar-refractivity contribution >= 4 is 17.3 Å². The van der Waals surface area contributed by atoms with E-state index in [0.717, 1.165) is 28.9 Å². The molecule has 1 fully saturated rings. The predicted octanol–water partition coefficient (Wildman–Crippen LogP) is 4.00. The van der Waals surface area contributed by atoms with Gasteiger partial charge in [0.25, 0.3) is 0 Å². The molecule has 1 aliphatic carbocycles. The van der Waals surface area contributed by atoms with E-state index in [1.807, 2.05) is 25.1 Å². The zero-order valence-corrected chi connectivity index (χ0v) is 16.9. The van der Waals surface area contributed by atoms with E-state index in [0.29, 0.717) is 25.4 Å². The lowest BCUT2D eigenvalue weighted by molar-refractivity contribution is -0.125. The molecule has 2 aliphatic rings. The number of hydrogen-bond acceptors (Lipinski definition) is 3. The second kappa shape index (κ2) is 8.19. The van der Waals surface area contributed by atoms with Gasteiger partial charge in [0, 0.05) is 37.0 Å². The number of carbonyl (C=O) groups is 2. The highest BCUT2D eigenvalue weighted by Crippen LogP contribution is 2.39. The quantitative estimate of drug-likeness (QED) is 0.728. The Bertz CT molecular complexity index is 951. The lowest BCUT2D eigenvalue weighted by Crippen LogP contribution is -2.33.